The summed E-state index contributed by atoms with van der Waals surface area (Å²) < 4.78 is 0. The zero-order valence-electron chi connectivity index (χ0n) is 14.1. The Hall–Kier alpha value is -2.47. The summed E-state index contributed by atoms with van der Waals surface area (Å²) in [5.74, 6) is 0.382. The van der Waals surface area contributed by atoms with Crippen molar-refractivity contribution >= 4 is 5.91 Å². The Morgan fingerprint density at radius 3 is 2.92 bits per heavy atom. The molecule has 1 aromatic carbocycles. The number of nitrogens with one attached hydrogen (secondary N) is 2. The highest BCUT2D eigenvalue weighted by molar-refractivity contribution is 5.92. The molecule has 0 radical (unpaired) electrons. The number of aromatic amines is 1. The van der Waals surface area contributed by atoms with Gasteiger partial charge in [0.05, 0.1) is 6.20 Å². The van der Waals surface area contributed by atoms with Crippen molar-refractivity contribution in [3.8, 4) is 0 Å². The number of rotatable bonds is 4. The van der Waals surface area contributed by atoms with Crippen molar-refractivity contribution in [2.45, 2.75) is 12.8 Å². The Kier molecular flexibility index (Phi) is 4.13. The van der Waals surface area contributed by atoms with Gasteiger partial charge in [-0.15, -0.1) is 0 Å². The molecule has 2 N–H and O–H groups in total. The molecule has 2 fully saturated rings. The monoisotopic (exact) mass is 338 g/mol. The highest BCUT2D eigenvalue weighted by atomic mass is 16.2. The molecule has 0 saturated carbocycles. The van der Waals surface area contributed by atoms with Crippen LogP contribution in [0.1, 0.15) is 22.5 Å². The van der Waals surface area contributed by atoms with Crippen LogP contribution >= 0.6 is 0 Å². The molecule has 0 aliphatic carbocycles. The molecule has 130 valence electrons. The number of benzene rings is 1. The number of hydrogen-bond acceptors (Lipinski definition) is 4. The normalized spacial score (nSPS) is 25.1. The van der Waals surface area contributed by atoms with E-state index in [2.05, 4.69) is 39.6 Å². The summed E-state index contributed by atoms with van der Waals surface area (Å²) in [5, 5.41) is 3.51. The van der Waals surface area contributed by atoms with Gasteiger partial charge in [0, 0.05) is 37.8 Å². The second kappa shape index (κ2) is 6.44. The molecule has 1 aromatic heterocycles. The number of hydrogen-bond donors (Lipinski definition) is 2. The summed E-state index contributed by atoms with van der Waals surface area (Å²) in [7, 11) is 0. The van der Waals surface area contributed by atoms with E-state index in [1.165, 1.54) is 11.8 Å². The Bertz CT molecular complexity index is 799. The largest absolute Gasteiger partial charge is 0.336 e. The van der Waals surface area contributed by atoms with E-state index in [0.29, 0.717) is 11.6 Å². The van der Waals surface area contributed by atoms with Crippen LogP contribution in [0.2, 0.25) is 0 Å². The first-order valence-electron chi connectivity index (χ1n) is 8.75. The quantitative estimate of drug-likeness (QED) is 0.874. The molecule has 2 saturated heterocycles. The number of fused-ring (bicyclic) bond motifs is 1. The molecule has 3 heterocycles. The van der Waals surface area contributed by atoms with Crippen LogP contribution in [0.3, 0.4) is 0 Å². The minimum Gasteiger partial charge on any atom is -0.336 e. The summed E-state index contributed by atoms with van der Waals surface area (Å²) in [5.41, 5.74) is 1.49. The SMILES string of the molecule is O=C(c1c[nH]c(=O)cn1)N1CC2CNCC2(CCc2ccccc2)C1. The van der Waals surface area contributed by atoms with Gasteiger partial charge in [0.1, 0.15) is 5.69 Å². The standard InChI is InChI=1S/C19H22N4O2/c24-17-10-21-16(9-22-17)18(25)23-11-15-8-20-12-19(15,13-23)7-6-14-4-2-1-3-5-14/h1-5,9-10,15,20H,6-8,11-13H2,(H,22,24). The van der Waals surface area contributed by atoms with Gasteiger partial charge in [-0.2, -0.15) is 0 Å². The molecule has 1 amide bonds. The van der Waals surface area contributed by atoms with Crippen LogP contribution in [-0.2, 0) is 6.42 Å². The lowest BCUT2D eigenvalue weighted by molar-refractivity contribution is 0.0762. The van der Waals surface area contributed by atoms with Crippen LogP contribution in [0, 0.1) is 11.3 Å². The Morgan fingerprint density at radius 1 is 1.32 bits per heavy atom. The summed E-state index contributed by atoms with van der Waals surface area (Å²) in [6.07, 6.45) is 4.67. The molecule has 4 rings (SSSR count). The van der Waals surface area contributed by atoms with E-state index in [-0.39, 0.29) is 16.9 Å². The van der Waals surface area contributed by atoms with Crippen molar-refractivity contribution in [1.82, 2.24) is 20.2 Å². The fourth-order valence-electron chi connectivity index (χ4n) is 4.20. The van der Waals surface area contributed by atoms with Crippen LogP contribution in [-0.4, -0.2) is 47.0 Å². The first kappa shape index (κ1) is 16.0. The average Bonchev–Trinajstić information content (AvgIpc) is 3.18. The maximum absolute atomic E-state index is 12.7. The number of aryl methyl sites for hydroxylation is 1. The highest BCUT2D eigenvalue weighted by Crippen LogP contribution is 2.42. The lowest BCUT2D eigenvalue weighted by Crippen LogP contribution is -2.36. The van der Waals surface area contributed by atoms with E-state index in [1.54, 1.807) is 0 Å². The molecule has 2 atom stereocenters. The van der Waals surface area contributed by atoms with E-state index < -0.39 is 0 Å². The molecular formula is C19H22N4O2. The van der Waals surface area contributed by atoms with Crippen LogP contribution in [0.15, 0.2) is 47.5 Å². The molecule has 0 bridgehead atoms. The Labute approximate surface area is 146 Å². The molecule has 6 nitrogen and oxygen atoms in total. The van der Waals surface area contributed by atoms with Crippen molar-refractivity contribution in [3.63, 3.8) is 0 Å². The number of carbonyl (C=O) groups is 1. The van der Waals surface area contributed by atoms with Crippen molar-refractivity contribution < 1.29 is 4.79 Å². The summed E-state index contributed by atoms with van der Waals surface area (Å²) in [6.45, 7) is 3.41. The van der Waals surface area contributed by atoms with Gasteiger partial charge >= 0.3 is 0 Å². The fraction of sp³-hybridized carbons (Fsp3) is 0.421. The first-order valence-corrected chi connectivity index (χ1v) is 8.75. The van der Waals surface area contributed by atoms with Crippen molar-refractivity contribution in [2.24, 2.45) is 11.3 Å². The van der Waals surface area contributed by atoms with Gasteiger partial charge in [-0.25, -0.2) is 4.98 Å². The zero-order valence-corrected chi connectivity index (χ0v) is 14.1. The third kappa shape index (κ3) is 3.09. The average molecular weight is 338 g/mol. The molecule has 6 heteroatoms. The lowest BCUT2D eigenvalue weighted by atomic mass is 9.76. The molecule has 2 aliphatic rings. The number of carbonyl (C=O) groups excluding carboxylic acids is 1. The molecule has 2 aromatic rings. The van der Waals surface area contributed by atoms with Crippen LogP contribution in [0.5, 0.6) is 0 Å². The zero-order chi connectivity index (χ0) is 17.3. The second-order valence-electron chi connectivity index (χ2n) is 7.16. The van der Waals surface area contributed by atoms with Gasteiger partial charge < -0.3 is 15.2 Å². The maximum Gasteiger partial charge on any atom is 0.273 e. The smallest absolute Gasteiger partial charge is 0.273 e. The van der Waals surface area contributed by atoms with Crippen LogP contribution in [0.25, 0.3) is 0 Å². The summed E-state index contributed by atoms with van der Waals surface area (Å²) in [4.78, 5) is 32.3. The molecule has 2 aliphatic heterocycles. The fourth-order valence-corrected chi connectivity index (χ4v) is 4.20. The van der Waals surface area contributed by atoms with Gasteiger partial charge in [-0.05, 0) is 24.3 Å². The maximum atomic E-state index is 12.7. The lowest BCUT2D eigenvalue weighted by Gasteiger charge is -2.28. The summed E-state index contributed by atoms with van der Waals surface area (Å²) >= 11 is 0. The van der Waals surface area contributed by atoms with E-state index in [9.17, 15) is 9.59 Å². The first-order chi connectivity index (χ1) is 12.2. The van der Waals surface area contributed by atoms with Crippen LogP contribution in [0.4, 0.5) is 0 Å². The molecule has 0 spiro atoms. The van der Waals surface area contributed by atoms with Gasteiger partial charge in [-0.3, -0.25) is 9.59 Å². The number of likely N-dealkylation sites (tertiary alicyclic amines) is 1. The van der Waals surface area contributed by atoms with Gasteiger partial charge in [0.2, 0.25) is 0 Å². The summed E-state index contributed by atoms with van der Waals surface area (Å²) in [6, 6.07) is 10.5. The highest BCUT2D eigenvalue weighted by Gasteiger charge is 2.50. The minimum atomic E-state index is -0.293. The number of amides is 1. The van der Waals surface area contributed by atoms with E-state index >= 15 is 0 Å². The van der Waals surface area contributed by atoms with Crippen molar-refractivity contribution in [3.05, 3.63) is 64.3 Å². The van der Waals surface area contributed by atoms with E-state index in [4.69, 9.17) is 0 Å². The third-order valence-electron chi connectivity index (χ3n) is 5.61. The van der Waals surface area contributed by atoms with Gasteiger partial charge in [0.25, 0.3) is 11.5 Å². The molecule has 25 heavy (non-hydrogen) atoms. The molecule has 2 unspecified atom stereocenters. The number of H-pyrrole nitrogens is 1. The van der Waals surface area contributed by atoms with Gasteiger partial charge in [-0.1, -0.05) is 30.3 Å². The van der Waals surface area contributed by atoms with Gasteiger partial charge in [0.15, 0.2) is 0 Å². The van der Waals surface area contributed by atoms with Crippen molar-refractivity contribution in [2.75, 3.05) is 26.2 Å². The van der Waals surface area contributed by atoms with Crippen LogP contribution < -0.4 is 10.9 Å². The predicted octanol–water partition coefficient (Wildman–Crippen LogP) is 1.06. The minimum absolute atomic E-state index is 0.0928. The second-order valence-corrected chi connectivity index (χ2v) is 7.16. The number of nitrogens with zero attached hydrogens (tertiary/aromatic N) is 2. The number of aromatic nitrogens is 2. The topological polar surface area (TPSA) is 78.1 Å². The molecular weight excluding hydrogens is 316 g/mol. The van der Waals surface area contributed by atoms with E-state index in [1.807, 2.05) is 11.0 Å². The van der Waals surface area contributed by atoms with Crippen molar-refractivity contribution in [1.29, 1.82) is 0 Å². The van der Waals surface area contributed by atoms with E-state index in [0.717, 1.165) is 45.2 Å². The third-order valence-corrected chi connectivity index (χ3v) is 5.61. The predicted molar refractivity (Wildman–Crippen MR) is 94.3 cm³/mol. The Balaban J connectivity index is 1.48. The Morgan fingerprint density at radius 2 is 2.16 bits per heavy atom.